The van der Waals surface area contributed by atoms with E-state index in [0.717, 1.165) is 10.2 Å². The Hall–Kier alpha value is -2.32. The van der Waals surface area contributed by atoms with Crippen LogP contribution in [-0.4, -0.2) is 59.7 Å². The second kappa shape index (κ2) is 11.8. The largest absolute Gasteiger partial charge is 0.383 e. The van der Waals surface area contributed by atoms with E-state index >= 15 is 0 Å². The number of hydrogen-bond donors (Lipinski definition) is 1. The van der Waals surface area contributed by atoms with Crippen LogP contribution in [0.1, 0.15) is 19.5 Å². The zero-order valence-corrected chi connectivity index (χ0v) is 19.7. The summed E-state index contributed by atoms with van der Waals surface area (Å²) >= 11 is 3.39. The summed E-state index contributed by atoms with van der Waals surface area (Å²) in [5, 5.41) is 2.88. The van der Waals surface area contributed by atoms with Crippen molar-refractivity contribution in [3.8, 4) is 0 Å². The standard InChI is InChI=1S/C22H31BrN4O3/c1-17(2)14-27(22(29)24-19-9-7-18(23)8-10-19)16-21(28)26(12-13-30-4)15-20-6-5-11-25(20)3/h5-11,17H,12-16H2,1-4H3,(H,24,29). The topological polar surface area (TPSA) is 66.8 Å². The number of carbonyl (C=O) groups excluding carboxylic acids is 2. The van der Waals surface area contributed by atoms with Gasteiger partial charge in [-0.2, -0.15) is 0 Å². The molecule has 8 heteroatoms. The van der Waals surface area contributed by atoms with Gasteiger partial charge in [0.2, 0.25) is 5.91 Å². The molecule has 0 bridgehead atoms. The maximum Gasteiger partial charge on any atom is 0.322 e. The number of anilines is 1. The molecule has 30 heavy (non-hydrogen) atoms. The lowest BCUT2D eigenvalue weighted by atomic mass is 10.2. The molecule has 1 heterocycles. The molecule has 0 aliphatic heterocycles. The van der Waals surface area contributed by atoms with Gasteiger partial charge in [0.15, 0.2) is 0 Å². The number of aryl methyl sites for hydroxylation is 1. The molecule has 3 amide bonds. The van der Waals surface area contributed by atoms with Crippen LogP contribution in [0.25, 0.3) is 0 Å². The molecule has 1 aromatic carbocycles. The van der Waals surface area contributed by atoms with Crippen LogP contribution in [-0.2, 0) is 23.1 Å². The molecule has 7 nitrogen and oxygen atoms in total. The van der Waals surface area contributed by atoms with Crippen LogP contribution in [0.3, 0.4) is 0 Å². The molecule has 0 fully saturated rings. The highest BCUT2D eigenvalue weighted by Crippen LogP contribution is 2.15. The molecule has 0 aliphatic rings. The lowest BCUT2D eigenvalue weighted by Gasteiger charge is -2.29. The fraction of sp³-hybridized carbons (Fsp3) is 0.455. The fourth-order valence-corrected chi connectivity index (χ4v) is 3.27. The average molecular weight is 479 g/mol. The van der Waals surface area contributed by atoms with E-state index in [2.05, 4.69) is 21.2 Å². The smallest absolute Gasteiger partial charge is 0.322 e. The number of hydrogen-bond acceptors (Lipinski definition) is 3. The van der Waals surface area contributed by atoms with E-state index in [9.17, 15) is 9.59 Å². The summed E-state index contributed by atoms with van der Waals surface area (Å²) in [5.74, 6) is 0.119. The van der Waals surface area contributed by atoms with Crippen LogP contribution < -0.4 is 5.32 Å². The second-order valence-corrected chi connectivity index (χ2v) is 8.55. The van der Waals surface area contributed by atoms with E-state index < -0.39 is 0 Å². The van der Waals surface area contributed by atoms with Crippen LogP contribution in [0.2, 0.25) is 0 Å². The molecule has 2 rings (SSSR count). The summed E-state index contributed by atoms with van der Waals surface area (Å²) < 4.78 is 8.10. The quantitative estimate of drug-likeness (QED) is 0.561. The third-order valence-corrected chi connectivity index (χ3v) is 5.15. The van der Waals surface area contributed by atoms with Gasteiger partial charge in [0.1, 0.15) is 6.54 Å². The van der Waals surface area contributed by atoms with Crippen molar-refractivity contribution >= 4 is 33.6 Å². The zero-order chi connectivity index (χ0) is 22.1. The first-order valence-electron chi connectivity index (χ1n) is 9.98. The summed E-state index contributed by atoms with van der Waals surface area (Å²) in [6.07, 6.45) is 1.95. The first-order valence-corrected chi connectivity index (χ1v) is 10.8. The van der Waals surface area contributed by atoms with Gasteiger partial charge < -0.3 is 24.4 Å². The molecular weight excluding hydrogens is 448 g/mol. The normalized spacial score (nSPS) is 10.9. The molecule has 0 atom stereocenters. The highest BCUT2D eigenvalue weighted by molar-refractivity contribution is 9.10. The number of ether oxygens (including phenoxy) is 1. The molecule has 2 aromatic rings. The number of halogens is 1. The summed E-state index contributed by atoms with van der Waals surface area (Å²) in [6.45, 7) is 5.91. The third kappa shape index (κ3) is 7.50. The summed E-state index contributed by atoms with van der Waals surface area (Å²) in [7, 11) is 3.56. The molecule has 1 N–H and O–H groups in total. The lowest BCUT2D eigenvalue weighted by Crippen LogP contribution is -2.46. The molecule has 0 aliphatic carbocycles. The number of rotatable bonds is 10. The van der Waals surface area contributed by atoms with Gasteiger partial charge in [-0.3, -0.25) is 4.79 Å². The van der Waals surface area contributed by atoms with Crippen molar-refractivity contribution in [3.63, 3.8) is 0 Å². The Balaban J connectivity index is 2.10. The number of nitrogens with one attached hydrogen (secondary N) is 1. The van der Waals surface area contributed by atoms with E-state index in [1.54, 1.807) is 16.9 Å². The molecule has 0 radical (unpaired) electrons. The second-order valence-electron chi connectivity index (χ2n) is 7.63. The van der Waals surface area contributed by atoms with Gasteiger partial charge in [0.25, 0.3) is 0 Å². The number of amides is 3. The third-order valence-electron chi connectivity index (χ3n) is 4.62. The van der Waals surface area contributed by atoms with Crippen molar-refractivity contribution in [3.05, 3.63) is 52.8 Å². The van der Waals surface area contributed by atoms with E-state index in [-0.39, 0.29) is 24.4 Å². The number of methoxy groups -OCH3 is 1. The van der Waals surface area contributed by atoms with Crippen LogP contribution in [0.4, 0.5) is 10.5 Å². The molecule has 0 saturated heterocycles. The van der Waals surface area contributed by atoms with Crippen molar-refractivity contribution in [2.45, 2.75) is 20.4 Å². The fourth-order valence-electron chi connectivity index (χ4n) is 3.01. The Morgan fingerprint density at radius 2 is 1.87 bits per heavy atom. The van der Waals surface area contributed by atoms with E-state index in [4.69, 9.17) is 4.74 Å². The molecule has 164 valence electrons. The first kappa shape index (κ1) is 24.0. The number of benzene rings is 1. The van der Waals surface area contributed by atoms with Gasteiger partial charge in [0, 0.05) is 49.3 Å². The predicted molar refractivity (Wildman–Crippen MR) is 122 cm³/mol. The molecule has 0 unspecified atom stereocenters. The monoisotopic (exact) mass is 478 g/mol. The number of urea groups is 1. The predicted octanol–water partition coefficient (Wildman–Crippen LogP) is 3.95. The van der Waals surface area contributed by atoms with Crippen LogP contribution in [0.15, 0.2) is 47.1 Å². The minimum atomic E-state index is -0.287. The number of aromatic nitrogens is 1. The highest BCUT2D eigenvalue weighted by atomic mass is 79.9. The van der Waals surface area contributed by atoms with Gasteiger partial charge in [-0.1, -0.05) is 29.8 Å². The van der Waals surface area contributed by atoms with Crippen molar-refractivity contribution in [1.29, 1.82) is 0 Å². The Morgan fingerprint density at radius 3 is 2.43 bits per heavy atom. The maximum atomic E-state index is 13.1. The van der Waals surface area contributed by atoms with Crippen molar-refractivity contribution in [2.75, 3.05) is 38.7 Å². The summed E-state index contributed by atoms with van der Waals surface area (Å²) in [6, 6.07) is 11.0. The molecule has 0 spiro atoms. The maximum absolute atomic E-state index is 13.1. The Morgan fingerprint density at radius 1 is 1.17 bits per heavy atom. The average Bonchev–Trinajstić information content (AvgIpc) is 3.10. The van der Waals surface area contributed by atoms with Crippen molar-refractivity contribution in [1.82, 2.24) is 14.4 Å². The van der Waals surface area contributed by atoms with Crippen LogP contribution >= 0.6 is 15.9 Å². The SMILES string of the molecule is COCCN(Cc1cccn1C)C(=O)CN(CC(C)C)C(=O)Nc1ccc(Br)cc1. The molecule has 0 saturated carbocycles. The minimum absolute atomic E-state index is 0.00861. The van der Waals surface area contributed by atoms with Crippen LogP contribution in [0.5, 0.6) is 0 Å². The number of nitrogens with zero attached hydrogens (tertiary/aromatic N) is 3. The van der Waals surface area contributed by atoms with Gasteiger partial charge in [0.05, 0.1) is 13.2 Å². The van der Waals surface area contributed by atoms with Gasteiger partial charge in [-0.05, 0) is 42.3 Å². The first-order chi connectivity index (χ1) is 14.3. The van der Waals surface area contributed by atoms with Gasteiger partial charge in [-0.15, -0.1) is 0 Å². The summed E-state index contributed by atoms with van der Waals surface area (Å²) in [4.78, 5) is 29.3. The van der Waals surface area contributed by atoms with Crippen molar-refractivity contribution < 1.29 is 14.3 Å². The highest BCUT2D eigenvalue weighted by Gasteiger charge is 2.23. The lowest BCUT2D eigenvalue weighted by molar-refractivity contribution is -0.133. The Bertz CT molecular complexity index is 820. The van der Waals surface area contributed by atoms with E-state index in [0.29, 0.717) is 31.9 Å². The van der Waals surface area contributed by atoms with Crippen molar-refractivity contribution in [2.24, 2.45) is 13.0 Å². The molecular formula is C22H31BrN4O3. The van der Waals surface area contributed by atoms with E-state index in [1.807, 2.05) is 68.1 Å². The van der Waals surface area contributed by atoms with Gasteiger partial charge in [-0.25, -0.2) is 4.79 Å². The molecule has 1 aromatic heterocycles. The van der Waals surface area contributed by atoms with E-state index in [1.165, 1.54) is 0 Å². The Labute approximate surface area is 187 Å². The Kier molecular flexibility index (Phi) is 9.39. The van der Waals surface area contributed by atoms with Crippen LogP contribution in [0, 0.1) is 5.92 Å². The zero-order valence-electron chi connectivity index (χ0n) is 18.1. The summed E-state index contributed by atoms with van der Waals surface area (Å²) in [5.41, 5.74) is 1.71. The number of carbonyl (C=O) groups is 2. The van der Waals surface area contributed by atoms with Gasteiger partial charge >= 0.3 is 6.03 Å². The minimum Gasteiger partial charge on any atom is -0.383 e.